The summed E-state index contributed by atoms with van der Waals surface area (Å²) >= 11 is 2.82. The van der Waals surface area contributed by atoms with E-state index < -0.39 is 11.6 Å². The number of nitrogens with zero attached hydrogens (tertiary/aromatic N) is 1. The van der Waals surface area contributed by atoms with E-state index in [9.17, 15) is 13.6 Å². The monoisotopic (exact) mass is 390 g/mol. The number of carbonyl (C=O) groups is 1. The Balaban J connectivity index is 1.50. The summed E-state index contributed by atoms with van der Waals surface area (Å²) in [5.74, 6) is -1.98. The number of carbonyl (C=O) groups excluding carboxylic acids is 1. The summed E-state index contributed by atoms with van der Waals surface area (Å²) in [5.41, 5.74) is 2.27. The number of rotatable bonds is 3. The van der Waals surface area contributed by atoms with Gasteiger partial charge in [0.05, 0.1) is 10.6 Å². The van der Waals surface area contributed by atoms with Crippen LogP contribution in [0.3, 0.4) is 0 Å². The summed E-state index contributed by atoms with van der Waals surface area (Å²) in [5, 5.41) is 4.97. The second-order valence-electron chi connectivity index (χ2n) is 6.24. The van der Waals surface area contributed by atoms with E-state index in [2.05, 4.69) is 10.3 Å². The van der Waals surface area contributed by atoms with E-state index in [1.54, 1.807) is 16.7 Å². The van der Waals surface area contributed by atoms with Gasteiger partial charge in [0.1, 0.15) is 0 Å². The van der Waals surface area contributed by atoms with Gasteiger partial charge in [0.25, 0.3) is 5.91 Å². The van der Waals surface area contributed by atoms with Crippen LogP contribution in [0.4, 0.5) is 13.9 Å². The number of halogens is 2. The van der Waals surface area contributed by atoms with Crippen molar-refractivity contribution in [2.75, 3.05) is 5.32 Å². The van der Waals surface area contributed by atoms with Crippen molar-refractivity contribution < 1.29 is 13.6 Å². The van der Waals surface area contributed by atoms with Crippen molar-refractivity contribution in [2.45, 2.75) is 32.1 Å². The third kappa shape index (κ3) is 3.54. The second kappa shape index (κ2) is 7.25. The third-order valence-electron chi connectivity index (χ3n) is 4.41. The molecule has 1 aliphatic rings. The highest BCUT2D eigenvalue weighted by molar-refractivity contribution is 7.15. The number of amides is 1. The highest BCUT2D eigenvalue weighted by atomic mass is 32.1. The van der Waals surface area contributed by atoms with Crippen molar-refractivity contribution in [3.8, 4) is 11.3 Å². The van der Waals surface area contributed by atoms with Gasteiger partial charge in [-0.25, -0.2) is 13.8 Å². The van der Waals surface area contributed by atoms with Gasteiger partial charge in [-0.05, 0) is 55.5 Å². The van der Waals surface area contributed by atoms with Crippen molar-refractivity contribution in [1.82, 2.24) is 4.98 Å². The maximum atomic E-state index is 13.4. The van der Waals surface area contributed by atoms with E-state index in [1.165, 1.54) is 47.1 Å². The van der Waals surface area contributed by atoms with Gasteiger partial charge < -0.3 is 0 Å². The van der Waals surface area contributed by atoms with Crippen LogP contribution in [0.2, 0.25) is 0 Å². The fourth-order valence-electron chi connectivity index (χ4n) is 3.06. The Morgan fingerprint density at radius 3 is 2.77 bits per heavy atom. The molecule has 0 atom stereocenters. The Bertz CT molecular complexity index is 941. The molecule has 7 heteroatoms. The smallest absolute Gasteiger partial charge is 0.267 e. The van der Waals surface area contributed by atoms with Crippen LogP contribution in [-0.2, 0) is 12.8 Å². The summed E-state index contributed by atoms with van der Waals surface area (Å²) in [4.78, 5) is 18.8. The van der Waals surface area contributed by atoms with E-state index in [-0.39, 0.29) is 5.91 Å². The van der Waals surface area contributed by atoms with Crippen LogP contribution in [0.1, 0.15) is 39.4 Å². The number of nitrogens with one attached hydrogen (secondary N) is 1. The molecule has 2 aromatic heterocycles. The van der Waals surface area contributed by atoms with Crippen LogP contribution >= 0.6 is 22.7 Å². The molecule has 1 aromatic carbocycles. The van der Waals surface area contributed by atoms with Crippen LogP contribution in [0.15, 0.2) is 29.6 Å². The first kappa shape index (κ1) is 17.3. The van der Waals surface area contributed by atoms with Crippen molar-refractivity contribution in [2.24, 2.45) is 0 Å². The molecule has 0 aliphatic heterocycles. The van der Waals surface area contributed by atoms with Gasteiger partial charge in [-0.15, -0.1) is 22.7 Å². The highest BCUT2D eigenvalue weighted by Crippen LogP contribution is 2.30. The minimum atomic E-state index is -0.916. The molecule has 0 bridgehead atoms. The number of benzene rings is 1. The summed E-state index contributed by atoms with van der Waals surface area (Å²) in [6, 6.07) is 5.63. The number of thiazole rings is 1. The predicted molar refractivity (Wildman–Crippen MR) is 101 cm³/mol. The molecule has 1 aliphatic carbocycles. The molecule has 0 unspecified atom stereocenters. The molecule has 3 aromatic rings. The molecule has 26 heavy (non-hydrogen) atoms. The molecule has 0 saturated carbocycles. The van der Waals surface area contributed by atoms with E-state index in [1.807, 2.05) is 6.07 Å². The third-order valence-corrected chi connectivity index (χ3v) is 6.40. The highest BCUT2D eigenvalue weighted by Gasteiger charge is 2.17. The average molecular weight is 390 g/mol. The Kier molecular flexibility index (Phi) is 4.82. The van der Waals surface area contributed by atoms with Crippen LogP contribution < -0.4 is 5.32 Å². The van der Waals surface area contributed by atoms with Crippen molar-refractivity contribution in [3.05, 3.63) is 56.6 Å². The van der Waals surface area contributed by atoms with Crippen LogP contribution in [0, 0.1) is 11.6 Å². The molecule has 134 valence electrons. The topological polar surface area (TPSA) is 42.0 Å². The van der Waals surface area contributed by atoms with Crippen LogP contribution in [-0.4, -0.2) is 10.9 Å². The first-order chi connectivity index (χ1) is 12.6. The Morgan fingerprint density at radius 2 is 1.92 bits per heavy atom. The number of thiophene rings is 1. The van der Waals surface area contributed by atoms with Gasteiger partial charge >= 0.3 is 0 Å². The molecular weight excluding hydrogens is 374 g/mol. The number of hydrogen-bond donors (Lipinski definition) is 1. The van der Waals surface area contributed by atoms with E-state index in [4.69, 9.17) is 0 Å². The fraction of sp³-hybridized carbons (Fsp3) is 0.263. The average Bonchev–Trinajstić information content (AvgIpc) is 3.19. The zero-order valence-electron chi connectivity index (χ0n) is 13.9. The summed E-state index contributed by atoms with van der Waals surface area (Å²) in [6.07, 6.45) is 5.68. The number of hydrogen-bond acceptors (Lipinski definition) is 4. The zero-order chi connectivity index (χ0) is 18.1. The van der Waals surface area contributed by atoms with E-state index in [0.29, 0.717) is 21.3 Å². The lowest BCUT2D eigenvalue weighted by Gasteiger charge is -2.00. The van der Waals surface area contributed by atoms with Gasteiger partial charge in [0.2, 0.25) is 0 Å². The first-order valence-electron chi connectivity index (χ1n) is 8.44. The van der Waals surface area contributed by atoms with Crippen molar-refractivity contribution in [3.63, 3.8) is 0 Å². The molecule has 4 rings (SSSR count). The maximum absolute atomic E-state index is 13.4. The lowest BCUT2D eigenvalue weighted by Crippen LogP contribution is -2.09. The first-order valence-corrected chi connectivity index (χ1v) is 10.1. The van der Waals surface area contributed by atoms with Crippen LogP contribution in [0.25, 0.3) is 11.3 Å². The Labute approximate surface area is 157 Å². The van der Waals surface area contributed by atoms with Gasteiger partial charge in [0.15, 0.2) is 16.8 Å². The number of aryl methyl sites for hydroxylation is 2. The molecule has 0 spiro atoms. The van der Waals surface area contributed by atoms with Crippen molar-refractivity contribution in [1.29, 1.82) is 0 Å². The Hall–Kier alpha value is -2.12. The molecule has 0 radical (unpaired) electrons. The number of anilines is 1. The summed E-state index contributed by atoms with van der Waals surface area (Å²) in [6.45, 7) is 0. The molecule has 1 amide bonds. The normalized spacial score (nSPS) is 13.9. The van der Waals surface area contributed by atoms with Crippen LogP contribution in [0.5, 0.6) is 0 Å². The minimum Gasteiger partial charge on any atom is -0.297 e. The lowest BCUT2D eigenvalue weighted by molar-refractivity contribution is 0.103. The van der Waals surface area contributed by atoms with E-state index >= 15 is 0 Å². The van der Waals surface area contributed by atoms with Gasteiger partial charge in [-0.3, -0.25) is 10.1 Å². The maximum Gasteiger partial charge on any atom is 0.267 e. The number of fused-ring (bicyclic) bond motifs is 1. The quantitative estimate of drug-likeness (QED) is 0.586. The van der Waals surface area contributed by atoms with Gasteiger partial charge in [-0.2, -0.15) is 0 Å². The second-order valence-corrected chi connectivity index (χ2v) is 8.24. The predicted octanol–water partition coefficient (Wildman–Crippen LogP) is 5.67. The van der Waals surface area contributed by atoms with Gasteiger partial charge in [-0.1, -0.05) is 6.42 Å². The molecular formula is C19H16F2N2OS2. The molecule has 0 fully saturated rings. The largest absolute Gasteiger partial charge is 0.297 e. The van der Waals surface area contributed by atoms with E-state index in [0.717, 1.165) is 25.0 Å². The van der Waals surface area contributed by atoms with Gasteiger partial charge in [0, 0.05) is 15.8 Å². The minimum absolute atomic E-state index is 0.172. The number of aromatic nitrogens is 1. The SMILES string of the molecule is O=C(Nc1nc(-c2ccc(F)c(F)c2)cs1)c1cc2c(s1)CCCCC2. The summed E-state index contributed by atoms with van der Waals surface area (Å²) < 4.78 is 26.4. The van der Waals surface area contributed by atoms with Crippen molar-refractivity contribution >= 4 is 33.7 Å². The molecule has 1 N–H and O–H groups in total. The standard InChI is InChI=1S/C19H16F2N2OS2/c20-13-7-6-11(8-14(13)21)15-10-25-19(22-15)23-18(24)17-9-12-4-2-1-3-5-16(12)26-17/h6-10H,1-5H2,(H,22,23,24). The zero-order valence-corrected chi connectivity index (χ0v) is 15.5. The molecule has 0 saturated heterocycles. The fourth-order valence-corrected chi connectivity index (χ4v) is 4.92. The summed E-state index contributed by atoms with van der Waals surface area (Å²) in [7, 11) is 0. The lowest BCUT2D eigenvalue weighted by atomic mass is 10.1. The molecule has 3 nitrogen and oxygen atoms in total. The Morgan fingerprint density at radius 1 is 1.08 bits per heavy atom. The molecule has 2 heterocycles.